The lowest BCUT2D eigenvalue weighted by Crippen LogP contribution is -2.16. The van der Waals surface area contributed by atoms with Gasteiger partial charge < -0.3 is 10.1 Å². The molecule has 0 unspecified atom stereocenters. The average molecular weight is 420 g/mol. The molecule has 0 radical (unpaired) electrons. The Morgan fingerprint density at radius 1 is 1.20 bits per heavy atom. The van der Waals surface area contributed by atoms with Crippen molar-refractivity contribution in [3.8, 4) is 5.75 Å². The van der Waals surface area contributed by atoms with Crippen molar-refractivity contribution in [1.29, 1.82) is 0 Å². The fourth-order valence-corrected chi connectivity index (χ4v) is 3.02. The number of amides is 1. The number of nitrogens with one attached hydrogen (secondary N) is 1. The van der Waals surface area contributed by atoms with Crippen LogP contribution >= 0.6 is 0 Å². The number of fused-ring (bicyclic) bond motifs is 1. The minimum Gasteiger partial charge on any atom is -0.494 e. The molecule has 30 heavy (non-hydrogen) atoms. The number of benzene rings is 1. The summed E-state index contributed by atoms with van der Waals surface area (Å²) in [5.74, 6) is 0.313. The van der Waals surface area contributed by atoms with Crippen LogP contribution in [0.4, 0.5) is 18.9 Å². The number of imidazole rings is 1. The van der Waals surface area contributed by atoms with Gasteiger partial charge in [0, 0.05) is 11.4 Å². The first-order chi connectivity index (χ1) is 14.3. The third-order valence-electron chi connectivity index (χ3n) is 4.48. The van der Waals surface area contributed by atoms with E-state index in [4.69, 9.17) is 4.74 Å². The van der Waals surface area contributed by atoms with Crippen molar-refractivity contribution in [1.82, 2.24) is 14.4 Å². The van der Waals surface area contributed by atoms with Crippen LogP contribution in [0.1, 0.15) is 43.3 Å². The number of aryl methyl sites for hydroxylation is 1. The van der Waals surface area contributed by atoms with Crippen LogP contribution in [0.3, 0.4) is 0 Å². The molecule has 1 amide bonds. The molecule has 3 aromatic rings. The van der Waals surface area contributed by atoms with Crippen LogP contribution in [0.15, 0.2) is 36.7 Å². The maximum absolute atomic E-state index is 13.2. The minimum absolute atomic E-state index is 0.0216. The number of anilines is 1. The summed E-state index contributed by atoms with van der Waals surface area (Å²) in [6, 6.07) is 7.89. The summed E-state index contributed by atoms with van der Waals surface area (Å²) in [7, 11) is 0. The smallest absolute Gasteiger partial charge is 0.431 e. The Hall–Kier alpha value is -3.10. The number of alkyl halides is 3. The zero-order valence-electron chi connectivity index (χ0n) is 16.8. The molecule has 0 saturated heterocycles. The first-order valence-electron chi connectivity index (χ1n) is 9.71. The lowest BCUT2D eigenvalue weighted by molar-refractivity contribution is -0.142. The van der Waals surface area contributed by atoms with Crippen LogP contribution in [0.5, 0.6) is 5.75 Å². The molecule has 0 atom stereocenters. The van der Waals surface area contributed by atoms with Crippen LogP contribution in [-0.2, 0) is 17.4 Å². The normalized spacial score (nSPS) is 11.6. The summed E-state index contributed by atoms with van der Waals surface area (Å²) in [4.78, 5) is 20.5. The number of hydrogen-bond donors (Lipinski definition) is 1. The Morgan fingerprint density at radius 2 is 1.93 bits per heavy atom. The van der Waals surface area contributed by atoms with Gasteiger partial charge in [-0.05, 0) is 43.7 Å². The molecule has 9 heteroatoms. The zero-order chi connectivity index (χ0) is 21.7. The lowest BCUT2D eigenvalue weighted by Gasteiger charge is -2.10. The molecule has 1 N–H and O–H groups in total. The second-order valence-electron chi connectivity index (χ2n) is 6.97. The van der Waals surface area contributed by atoms with Crippen LogP contribution < -0.4 is 10.1 Å². The topological polar surface area (TPSA) is 68.5 Å². The quantitative estimate of drug-likeness (QED) is 0.531. The Balaban J connectivity index is 1.67. The van der Waals surface area contributed by atoms with Crippen molar-refractivity contribution >= 4 is 17.2 Å². The van der Waals surface area contributed by atoms with Gasteiger partial charge in [0.15, 0.2) is 5.65 Å². The standard InChI is InChI=1S/C21H23F3N4O2/c1-3-4-5-10-30-16-8-6-15(7-9-16)27-19(29)12-17-20-26-14(2)11-18(21(22,23)24)28(20)13-25-17/h6-9,11,13H,3-5,10,12H2,1-2H3,(H,27,29). The van der Waals surface area contributed by atoms with Gasteiger partial charge in [0.25, 0.3) is 0 Å². The molecule has 0 aliphatic heterocycles. The van der Waals surface area contributed by atoms with E-state index >= 15 is 0 Å². The van der Waals surface area contributed by atoms with Crippen molar-refractivity contribution in [3.05, 3.63) is 53.7 Å². The van der Waals surface area contributed by atoms with E-state index < -0.39 is 17.8 Å². The second-order valence-corrected chi connectivity index (χ2v) is 6.97. The van der Waals surface area contributed by atoms with Gasteiger partial charge in [-0.2, -0.15) is 13.2 Å². The summed E-state index contributed by atoms with van der Waals surface area (Å²) >= 11 is 0. The predicted molar refractivity (Wildman–Crippen MR) is 107 cm³/mol. The van der Waals surface area contributed by atoms with Crippen molar-refractivity contribution < 1.29 is 22.7 Å². The van der Waals surface area contributed by atoms with Crippen molar-refractivity contribution in [2.24, 2.45) is 0 Å². The van der Waals surface area contributed by atoms with E-state index in [1.807, 2.05) is 0 Å². The van der Waals surface area contributed by atoms with E-state index in [0.717, 1.165) is 36.1 Å². The number of carbonyl (C=O) groups excluding carboxylic acids is 1. The summed E-state index contributed by atoms with van der Waals surface area (Å²) in [5, 5.41) is 2.71. The van der Waals surface area contributed by atoms with E-state index in [0.29, 0.717) is 18.0 Å². The minimum atomic E-state index is -4.55. The van der Waals surface area contributed by atoms with E-state index in [9.17, 15) is 18.0 Å². The average Bonchev–Trinajstić information content (AvgIpc) is 3.07. The Kier molecular flexibility index (Phi) is 6.59. The molecule has 0 saturated carbocycles. The largest absolute Gasteiger partial charge is 0.494 e. The highest BCUT2D eigenvalue weighted by Gasteiger charge is 2.34. The maximum Gasteiger partial charge on any atom is 0.431 e. The molecule has 160 valence electrons. The fourth-order valence-electron chi connectivity index (χ4n) is 3.02. The molecule has 2 heterocycles. The zero-order valence-corrected chi connectivity index (χ0v) is 16.8. The number of unbranched alkanes of at least 4 members (excludes halogenated alkanes) is 2. The monoisotopic (exact) mass is 420 g/mol. The molecule has 0 aliphatic carbocycles. The SMILES string of the molecule is CCCCCOc1ccc(NC(=O)Cc2ncn3c(C(F)(F)F)cc(C)nc23)cc1. The van der Waals surface area contributed by atoms with E-state index in [-0.39, 0.29) is 23.5 Å². The van der Waals surface area contributed by atoms with E-state index in [1.165, 1.54) is 6.92 Å². The van der Waals surface area contributed by atoms with Gasteiger partial charge in [-0.3, -0.25) is 9.20 Å². The van der Waals surface area contributed by atoms with E-state index in [2.05, 4.69) is 22.2 Å². The number of aromatic nitrogens is 3. The van der Waals surface area contributed by atoms with Crippen molar-refractivity contribution in [3.63, 3.8) is 0 Å². The number of halogens is 3. The molecule has 0 bridgehead atoms. The van der Waals surface area contributed by atoms with Gasteiger partial charge in [-0.1, -0.05) is 19.8 Å². The van der Waals surface area contributed by atoms with Gasteiger partial charge >= 0.3 is 6.18 Å². The number of carbonyl (C=O) groups is 1. The van der Waals surface area contributed by atoms with Crippen molar-refractivity contribution in [2.45, 2.75) is 45.7 Å². The number of ether oxygens (including phenoxy) is 1. The lowest BCUT2D eigenvalue weighted by atomic mass is 10.2. The third-order valence-corrected chi connectivity index (χ3v) is 4.48. The van der Waals surface area contributed by atoms with Gasteiger partial charge in [0.2, 0.25) is 5.91 Å². The number of nitrogens with zero attached hydrogens (tertiary/aromatic N) is 3. The Morgan fingerprint density at radius 3 is 2.60 bits per heavy atom. The summed E-state index contributed by atoms with van der Waals surface area (Å²) < 4.78 is 46.2. The highest BCUT2D eigenvalue weighted by atomic mass is 19.4. The fraction of sp³-hybridized carbons (Fsp3) is 0.381. The van der Waals surface area contributed by atoms with Crippen LogP contribution in [-0.4, -0.2) is 26.9 Å². The summed E-state index contributed by atoms with van der Waals surface area (Å²) in [5.41, 5.74) is 0.0839. The molecule has 6 nitrogen and oxygen atoms in total. The van der Waals surface area contributed by atoms with Crippen LogP contribution in [0, 0.1) is 6.92 Å². The number of rotatable bonds is 8. The Bertz CT molecular complexity index is 1010. The highest BCUT2D eigenvalue weighted by molar-refractivity contribution is 5.92. The Labute approximate surface area is 172 Å². The van der Waals surface area contributed by atoms with Crippen LogP contribution in [0.2, 0.25) is 0 Å². The summed E-state index contributed by atoms with van der Waals surface area (Å²) in [6.07, 6.45) is -0.496. The molecule has 2 aromatic heterocycles. The van der Waals surface area contributed by atoms with Gasteiger partial charge in [0.05, 0.1) is 18.7 Å². The number of hydrogen-bond acceptors (Lipinski definition) is 4. The second kappa shape index (κ2) is 9.15. The van der Waals surface area contributed by atoms with E-state index in [1.54, 1.807) is 24.3 Å². The van der Waals surface area contributed by atoms with Gasteiger partial charge in [-0.25, -0.2) is 9.97 Å². The molecule has 0 spiro atoms. The molecular weight excluding hydrogens is 397 g/mol. The molecule has 1 aromatic carbocycles. The summed E-state index contributed by atoms with van der Waals surface area (Å²) in [6.45, 7) is 4.23. The van der Waals surface area contributed by atoms with Gasteiger partial charge in [-0.15, -0.1) is 0 Å². The molecule has 0 aliphatic rings. The first-order valence-corrected chi connectivity index (χ1v) is 9.71. The highest BCUT2D eigenvalue weighted by Crippen LogP contribution is 2.30. The van der Waals surface area contributed by atoms with Crippen molar-refractivity contribution in [2.75, 3.05) is 11.9 Å². The molecule has 0 fully saturated rings. The first kappa shape index (κ1) is 21.6. The predicted octanol–water partition coefficient (Wildman–Crippen LogP) is 4.81. The molecular formula is C21H23F3N4O2. The van der Waals surface area contributed by atoms with Crippen LogP contribution in [0.25, 0.3) is 5.65 Å². The van der Waals surface area contributed by atoms with Gasteiger partial charge in [0.1, 0.15) is 17.8 Å². The maximum atomic E-state index is 13.2. The third kappa shape index (κ3) is 5.28. The molecule has 3 rings (SSSR count).